The summed E-state index contributed by atoms with van der Waals surface area (Å²) in [6.07, 6.45) is 1.66. The first-order valence-corrected chi connectivity index (χ1v) is 8.52. The van der Waals surface area contributed by atoms with Crippen molar-refractivity contribution in [2.75, 3.05) is 14.2 Å². The van der Waals surface area contributed by atoms with Gasteiger partial charge in [0.25, 0.3) is 5.91 Å². The summed E-state index contributed by atoms with van der Waals surface area (Å²) in [6.45, 7) is 0.265. The van der Waals surface area contributed by atoms with E-state index in [-0.39, 0.29) is 18.3 Å². The summed E-state index contributed by atoms with van der Waals surface area (Å²) in [5.74, 6) is -0.524. The lowest BCUT2D eigenvalue weighted by atomic mass is 10.0. The minimum absolute atomic E-state index is 0.256. The predicted octanol–water partition coefficient (Wildman–Crippen LogP) is 4.03. The third kappa shape index (κ3) is 2.94. The van der Waals surface area contributed by atoms with Gasteiger partial charge in [0, 0.05) is 36.0 Å². The van der Waals surface area contributed by atoms with Crippen LogP contribution in [0.25, 0.3) is 32.9 Å². The number of methoxy groups -OCH3 is 1. The summed E-state index contributed by atoms with van der Waals surface area (Å²) in [5, 5.41) is 4.50. The van der Waals surface area contributed by atoms with Crippen LogP contribution in [-0.4, -0.2) is 30.0 Å². The van der Waals surface area contributed by atoms with Crippen molar-refractivity contribution < 1.29 is 13.9 Å². The van der Waals surface area contributed by atoms with Crippen molar-refractivity contribution >= 4 is 27.7 Å². The highest BCUT2D eigenvalue weighted by Crippen LogP contribution is 2.33. The van der Waals surface area contributed by atoms with E-state index in [4.69, 9.17) is 4.74 Å². The molecule has 0 radical (unpaired) electrons. The second-order valence-corrected chi connectivity index (χ2v) is 6.28. The van der Waals surface area contributed by atoms with Crippen LogP contribution in [0, 0.1) is 5.82 Å². The van der Waals surface area contributed by atoms with Gasteiger partial charge in [-0.3, -0.25) is 4.79 Å². The van der Waals surface area contributed by atoms with Crippen LogP contribution in [0.4, 0.5) is 4.39 Å². The lowest BCUT2D eigenvalue weighted by molar-refractivity contribution is 0.0953. The highest BCUT2D eigenvalue weighted by atomic mass is 19.1. The minimum atomic E-state index is -0.268. The van der Waals surface area contributed by atoms with E-state index in [9.17, 15) is 9.18 Å². The number of rotatable bonds is 4. The number of nitrogens with one attached hydrogen (secondary N) is 2. The van der Waals surface area contributed by atoms with Crippen LogP contribution in [0.2, 0.25) is 0 Å². The number of amides is 1. The quantitative estimate of drug-likeness (QED) is 0.575. The van der Waals surface area contributed by atoms with E-state index >= 15 is 0 Å². The fourth-order valence-electron chi connectivity index (χ4n) is 3.38. The Hall–Kier alpha value is -3.25. The fourth-order valence-corrected chi connectivity index (χ4v) is 3.38. The van der Waals surface area contributed by atoms with Gasteiger partial charge in [0.15, 0.2) is 0 Å². The van der Waals surface area contributed by atoms with Crippen molar-refractivity contribution in [3.63, 3.8) is 0 Å². The number of nitrogens with zero attached hydrogens (tertiary/aromatic N) is 1. The predicted molar refractivity (Wildman–Crippen MR) is 103 cm³/mol. The lowest BCUT2D eigenvalue weighted by Gasteiger charge is -2.09. The molecule has 4 rings (SSSR count). The van der Waals surface area contributed by atoms with Crippen molar-refractivity contribution in [3.8, 4) is 11.1 Å². The molecular weight excluding hydrogens is 345 g/mol. The van der Waals surface area contributed by atoms with Crippen molar-refractivity contribution in [3.05, 3.63) is 65.7 Å². The van der Waals surface area contributed by atoms with Crippen LogP contribution in [0.5, 0.6) is 0 Å². The van der Waals surface area contributed by atoms with Gasteiger partial charge < -0.3 is 15.0 Å². The zero-order valence-electron chi connectivity index (χ0n) is 15.0. The van der Waals surface area contributed by atoms with Crippen LogP contribution in [0.1, 0.15) is 16.1 Å². The maximum atomic E-state index is 13.2. The molecule has 27 heavy (non-hydrogen) atoms. The van der Waals surface area contributed by atoms with Gasteiger partial charge in [0.05, 0.1) is 18.3 Å². The number of H-pyrrole nitrogens is 1. The molecule has 0 unspecified atom stereocenters. The molecule has 1 amide bonds. The van der Waals surface area contributed by atoms with Gasteiger partial charge in [-0.2, -0.15) is 0 Å². The summed E-state index contributed by atoms with van der Waals surface area (Å²) in [5.41, 5.74) is 4.73. The van der Waals surface area contributed by atoms with Gasteiger partial charge in [-0.05, 0) is 35.4 Å². The largest absolute Gasteiger partial charge is 0.380 e. The van der Waals surface area contributed by atoms with Gasteiger partial charge in [0.2, 0.25) is 0 Å². The summed E-state index contributed by atoms with van der Waals surface area (Å²) in [6, 6.07) is 12.4. The third-order valence-electron chi connectivity index (χ3n) is 4.65. The number of carbonyl (C=O) groups is 1. The molecule has 6 heteroatoms. The summed E-state index contributed by atoms with van der Waals surface area (Å²) in [7, 11) is 3.16. The maximum absolute atomic E-state index is 13.2. The second kappa shape index (κ2) is 6.81. The molecule has 0 atom stereocenters. The Morgan fingerprint density at radius 1 is 1.15 bits per heavy atom. The van der Waals surface area contributed by atoms with Gasteiger partial charge in [-0.1, -0.05) is 18.2 Å². The third-order valence-corrected chi connectivity index (χ3v) is 4.65. The molecule has 0 fully saturated rings. The zero-order valence-corrected chi connectivity index (χ0v) is 15.0. The molecular formula is C21H18FN3O2. The monoisotopic (exact) mass is 363 g/mol. The maximum Gasteiger partial charge on any atom is 0.270 e. The van der Waals surface area contributed by atoms with E-state index in [1.165, 1.54) is 12.1 Å². The van der Waals surface area contributed by atoms with Gasteiger partial charge in [0.1, 0.15) is 11.5 Å². The van der Waals surface area contributed by atoms with E-state index in [2.05, 4.69) is 15.3 Å². The molecule has 0 saturated carbocycles. The van der Waals surface area contributed by atoms with Crippen molar-refractivity contribution in [2.45, 2.75) is 6.61 Å². The van der Waals surface area contributed by atoms with Gasteiger partial charge in [-0.25, -0.2) is 9.37 Å². The Balaban J connectivity index is 2.00. The Kier molecular flexibility index (Phi) is 4.33. The number of pyridine rings is 1. The topological polar surface area (TPSA) is 67.0 Å². The molecule has 2 aromatic carbocycles. The first kappa shape index (κ1) is 17.2. The standard InChI is InChI=1S/C21H18FN3O2/c1-23-21(26)20-16(11-27-2)19-15-9-13(12-3-6-14(22)7-4-12)5-8-17(15)25-18(19)10-24-20/h3-10,25H,11H2,1-2H3,(H,23,26). The number of halogens is 1. The molecule has 2 aromatic heterocycles. The Labute approximate surface area is 155 Å². The van der Waals surface area contributed by atoms with Crippen molar-refractivity contribution in [1.82, 2.24) is 15.3 Å². The zero-order chi connectivity index (χ0) is 19.0. The van der Waals surface area contributed by atoms with Crippen LogP contribution in [0.3, 0.4) is 0 Å². The first-order chi connectivity index (χ1) is 13.1. The minimum Gasteiger partial charge on any atom is -0.380 e. The number of benzene rings is 2. The first-order valence-electron chi connectivity index (χ1n) is 8.52. The molecule has 0 spiro atoms. The van der Waals surface area contributed by atoms with Crippen molar-refractivity contribution in [2.24, 2.45) is 0 Å². The summed E-state index contributed by atoms with van der Waals surface area (Å²) >= 11 is 0. The Morgan fingerprint density at radius 2 is 1.89 bits per heavy atom. The molecule has 2 heterocycles. The van der Waals surface area contributed by atoms with Crippen LogP contribution in [0.15, 0.2) is 48.7 Å². The average Bonchev–Trinajstić information content (AvgIpc) is 3.06. The molecule has 0 aliphatic rings. The van der Waals surface area contributed by atoms with Crippen LogP contribution >= 0.6 is 0 Å². The highest BCUT2D eigenvalue weighted by Gasteiger charge is 2.18. The number of ether oxygens (including phenoxy) is 1. The Morgan fingerprint density at radius 3 is 2.59 bits per heavy atom. The molecule has 2 N–H and O–H groups in total. The van der Waals surface area contributed by atoms with Crippen LogP contribution in [-0.2, 0) is 11.3 Å². The highest BCUT2D eigenvalue weighted by molar-refractivity contribution is 6.12. The van der Waals surface area contributed by atoms with E-state index < -0.39 is 0 Å². The smallest absolute Gasteiger partial charge is 0.270 e. The molecule has 0 bridgehead atoms. The normalized spacial score (nSPS) is 11.2. The summed E-state index contributed by atoms with van der Waals surface area (Å²) in [4.78, 5) is 19.9. The molecule has 0 aliphatic heterocycles. The second-order valence-electron chi connectivity index (χ2n) is 6.28. The number of aromatic amines is 1. The van der Waals surface area contributed by atoms with Crippen molar-refractivity contribution in [1.29, 1.82) is 0 Å². The lowest BCUT2D eigenvalue weighted by Crippen LogP contribution is -2.21. The fraction of sp³-hybridized carbons (Fsp3) is 0.143. The number of hydrogen-bond acceptors (Lipinski definition) is 3. The summed E-state index contributed by atoms with van der Waals surface area (Å²) < 4.78 is 18.6. The molecule has 136 valence electrons. The van der Waals surface area contributed by atoms with E-state index in [1.54, 1.807) is 32.5 Å². The van der Waals surface area contributed by atoms with E-state index in [1.807, 2.05) is 18.2 Å². The van der Waals surface area contributed by atoms with Gasteiger partial charge in [-0.15, -0.1) is 0 Å². The number of fused-ring (bicyclic) bond motifs is 3. The molecule has 5 nitrogen and oxygen atoms in total. The average molecular weight is 363 g/mol. The molecule has 4 aromatic rings. The van der Waals surface area contributed by atoms with E-state index in [0.717, 1.165) is 38.5 Å². The molecule has 0 aliphatic carbocycles. The van der Waals surface area contributed by atoms with Crippen LogP contribution < -0.4 is 5.32 Å². The SMILES string of the molecule is CNC(=O)c1ncc2[nH]c3ccc(-c4ccc(F)cc4)cc3c2c1COC. The Bertz CT molecular complexity index is 1150. The number of carbonyl (C=O) groups excluding carboxylic acids is 1. The van der Waals surface area contributed by atoms with E-state index in [0.29, 0.717) is 5.69 Å². The number of hydrogen-bond donors (Lipinski definition) is 2. The van der Waals surface area contributed by atoms with Gasteiger partial charge >= 0.3 is 0 Å². The molecule has 0 saturated heterocycles. The number of aromatic nitrogens is 2.